The zero-order chi connectivity index (χ0) is 8.43. The van der Waals surface area contributed by atoms with Crippen LogP contribution in [0.25, 0.3) is 0 Å². The third-order valence-corrected chi connectivity index (χ3v) is 1.56. The average molecular weight is 157 g/mol. The van der Waals surface area contributed by atoms with E-state index in [0.717, 1.165) is 0 Å². The lowest BCUT2D eigenvalue weighted by atomic mass is 10.4. The Kier molecular flexibility index (Phi) is 2.14. The van der Waals surface area contributed by atoms with E-state index in [4.69, 9.17) is 9.84 Å². The van der Waals surface area contributed by atoms with Gasteiger partial charge in [0.05, 0.1) is 0 Å². The van der Waals surface area contributed by atoms with Crippen LogP contribution in [0.15, 0.2) is 12.0 Å². The molecule has 11 heavy (non-hydrogen) atoms. The highest BCUT2D eigenvalue weighted by Gasteiger charge is 2.29. The van der Waals surface area contributed by atoms with Gasteiger partial charge >= 0.3 is 0 Å². The summed E-state index contributed by atoms with van der Waals surface area (Å²) in [6, 6.07) is 0. The van der Waals surface area contributed by atoms with Gasteiger partial charge in [0.25, 0.3) is 5.91 Å². The monoisotopic (exact) mass is 157 g/mol. The molecule has 1 atom stereocenters. The molecule has 1 aliphatic rings. The van der Waals surface area contributed by atoms with E-state index in [1.54, 1.807) is 6.92 Å². The molecule has 0 fully saturated rings. The largest absolute Gasteiger partial charge is 0.495 e. The molecule has 0 bridgehead atoms. The van der Waals surface area contributed by atoms with E-state index in [2.05, 4.69) is 0 Å². The van der Waals surface area contributed by atoms with E-state index >= 15 is 0 Å². The van der Waals surface area contributed by atoms with Crippen molar-refractivity contribution in [2.75, 3.05) is 13.7 Å². The van der Waals surface area contributed by atoms with Crippen molar-refractivity contribution in [3.8, 4) is 0 Å². The van der Waals surface area contributed by atoms with Crippen LogP contribution >= 0.6 is 0 Å². The van der Waals surface area contributed by atoms with Crippen molar-refractivity contribution in [3.63, 3.8) is 0 Å². The van der Waals surface area contributed by atoms with Gasteiger partial charge in [0.2, 0.25) is 0 Å². The fourth-order valence-corrected chi connectivity index (χ4v) is 0.921. The number of ether oxygens (including phenoxy) is 1. The van der Waals surface area contributed by atoms with E-state index in [1.807, 2.05) is 0 Å². The first-order valence-corrected chi connectivity index (χ1v) is 3.46. The minimum atomic E-state index is -0.593. The van der Waals surface area contributed by atoms with Gasteiger partial charge in [0, 0.05) is 19.7 Å². The van der Waals surface area contributed by atoms with Gasteiger partial charge in [-0.05, 0) is 6.92 Å². The maximum Gasteiger partial charge on any atom is 0.262 e. The molecule has 1 N–H and O–H groups in total. The lowest BCUT2D eigenvalue weighted by molar-refractivity contribution is -0.136. The quantitative estimate of drug-likeness (QED) is 0.625. The van der Waals surface area contributed by atoms with Crippen LogP contribution in [0, 0.1) is 0 Å². The smallest absolute Gasteiger partial charge is 0.262 e. The summed E-state index contributed by atoms with van der Waals surface area (Å²) in [6.07, 6.45) is 0.802. The molecule has 0 aliphatic carbocycles. The number of hydrogen-bond donors (Lipinski definition) is 1. The van der Waals surface area contributed by atoms with Gasteiger partial charge in [0.1, 0.15) is 0 Å². The molecule has 0 aromatic rings. The van der Waals surface area contributed by atoms with Gasteiger partial charge in [-0.2, -0.15) is 0 Å². The lowest BCUT2D eigenvalue weighted by Gasteiger charge is -2.10. The van der Waals surface area contributed by atoms with Crippen LogP contribution in [-0.2, 0) is 9.53 Å². The number of hydrogen-bond acceptors (Lipinski definition) is 3. The van der Waals surface area contributed by atoms with Gasteiger partial charge in [-0.3, -0.25) is 9.69 Å². The molecule has 0 aromatic carbocycles. The number of rotatable bonds is 2. The molecular weight excluding hydrogens is 146 g/mol. The third-order valence-electron chi connectivity index (χ3n) is 1.56. The Morgan fingerprint density at radius 2 is 2.45 bits per heavy atom. The molecular formula is C7H11NO3. The Labute approximate surface area is 65.1 Å². The standard InChI is InChI=1S/C7H11NO3/c1-3-11-5-4-6(9)8(2)7(5)10/h4-5,9H,3H2,1-2H3. The van der Waals surface area contributed by atoms with Crippen LogP contribution < -0.4 is 0 Å². The molecule has 4 nitrogen and oxygen atoms in total. The second kappa shape index (κ2) is 2.92. The highest BCUT2D eigenvalue weighted by atomic mass is 16.5. The van der Waals surface area contributed by atoms with Gasteiger partial charge in [-0.15, -0.1) is 0 Å². The summed E-state index contributed by atoms with van der Waals surface area (Å²) in [4.78, 5) is 12.3. The topological polar surface area (TPSA) is 49.8 Å². The second-order valence-electron chi connectivity index (χ2n) is 2.30. The van der Waals surface area contributed by atoms with Crippen molar-refractivity contribution in [3.05, 3.63) is 12.0 Å². The van der Waals surface area contributed by atoms with Crippen LogP contribution in [-0.4, -0.2) is 35.7 Å². The molecule has 62 valence electrons. The Hall–Kier alpha value is -1.03. The molecule has 0 aromatic heterocycles. The van der Waals surface area contributed by atoms with Gasteiger partial charge in [0.15, 0.2) is 12.0 Å². The molecule has 0 radical (unpaired) electrons. The molecule has 1 rings (SSSR count). The summed E-state index contributed by atoms with van der Waals surface area (Å²) < 4.78 is 5.03. The summed E-state index contributed by atoms with van der Waals surface area (Å²) in [5, 5.41) is 9.05. The highest BCUT2D eigenvalue weighted by Crippen LogP contribution is 2.14. The van der Waals surface area contributed by atoms with E-state index < -0.39 is 6.10 Å². The van der Waals surface area contributed by atoms with Gasteiger partial charge in [-0.1, -0.05) is 0 Å². The van der Waals surface area contributed by atoms with E-state index in [-0.39, 0.29) is 11.8 Å². The van der Waals surface area contributed by atoms with Crippen molar-refractivity contribution in [1.29, 1.82) is 0 Å². The molecule has 1 unspecified atom stereocenters. The van der Waals surface area contributed by atoms with Crippen LogP contribution in [0.5, 0.6) is 0 Å². The lowest BCUT2D eigenvalue weighted by Crippen LogP contribution is -2.29. The van der Waals surface area contributed by atoms with Crippen molar-refractivity contribution in [2.24, 2.45) is 0 Å². The third kappa shape index (κ3) is 1.35. The van der Waals surface area contributed by atoms with Crippen LogP contribution in [0.3, 0.4) is 0 Å². The van der Waals surface area contributed by atoms with Crippen LogP contribution in [0.1, 0.15) is 6.92 Å². The fraction of sp³-hybridized carbons (Fsp3) is 0.571. The summed E-state index contributed by atoms with van der Waals surface area (Å²) in [5.74, 6) is -0.252. The Balaban J connectivity index is 2.65. The molecule has 1 aliphatic heterocycles. The average Bonchev–Trinajstić information content (AvgIpc) is 2.19. The summed E-state index contributed by atoms with van der Waals surface area (Å²) in [7, 11) is 1.51. The first kappa shape index (κ1) is 8.07. The van der Waals surface area contributed by atoms with Crippen molar-refractivity contribution < 1.29 is 14.6 Å². The fourth-order valence-electron chi connectivity index (χ4n) is 0.921. The number of aliphatic hydroxyl groups is 1. The molecule has 0 spiro atoms. The van der Waals surface area contributed by atoms with Crippen LogP contribution in [0.2, 0.25) is 0 Å². The van der Waals surface area contributed by atoms with Gasteiger partial charge in [-0.25, -0.2) is 0 Å². The van der Waals surface area contributed by atoms with Crippen LogP contribution in [0.4, 0.5) is 0 Å². The van der Waals surface area contributed by atoms with E-state index in [9.17, 15) is 4.79 Å². The van der Waals surface area contributed by atoms with Gasteiger partial charge < -0.3 is 9.84 Å². The van der Waals surface area contributed by atoms with Crippen molar-refractivity contribution in [2.45, 2.75) is 13.0 Å². The number of amides is 1. The maximum atomic E-state index is 11.1. The number of carbonyl (C=O) groups excluding carboxylic acids is 1. The zero-order valence-electron chi connectivity index (χ0n) is 6.57. The number of likely N-dealkylation sites (N-methyl/N-ethyl adjacent to an activating group) is 1. The van der Waals surface area contributed by atoms with Crippen molar-refractivity contribution >= 4 is 5.91 Å². The number of nitrogens with zero attached hydrogens (tertiary/aromatic N) is 1. The predicted molar refractivity (Wildman–Crippen MR) is 38.9 cm³/mol. The molecule has 1 heterocycles. The molecule has 0 saturated heterocycles. The summed E-state index contributed by atoms with van der Waals surface area (Å²) >= 11 is 0. The first-order chi connectivity index (χ1) is 5.16. The maximum absolute atomic E-state index is 11.1. The predicted octanol–water partition coefficient (Wildman–Crippen LogP) is 0.263. The Morgan fingerprint density at radius 3 is 2.82 bits per heavy atom. The normalized spacial score (nSPS) is 24.2. The first-order valence-electron chi connectivity index (χ1n) is 3.46. The number of aliphatic hydroxyl groups excluding tert-OH is 1. The highest BCUT2D eigenvalue weighted by molar-refractivity contribution is 5.86. The SMILES string of the molecule is CCOC1C=C(O)N(C)C1=O. The minimum Gasteiger partial charge on any atom is -0.495 e. The van der Waals surface area contributed by atoms with E-state index in [0.29, 0.717) is 6.61 Å². The Morgan fingerprint density at radius 1 is 1.82 bits per heavy atom. The molecule has 4 heteroatoms. The van der Waals surface area contributed by atoms with E-state index in [1.165, 1.54) is 18.0 Å². The molecule has 1 amide bonds. The summed E-state index contributed by atoms with van der Waals surface area (Å²) in [6.45, 7) is 2.27. The zero-order valence-corrected chi connectivity index (χ0v) is 6.57. The second-order valence-corrected chi connectivity index (χ2v) is 2.30. The summed E-state index contributed by atoms with van der Waals surface area (Å²) in [5.41, 5.74) is 0. The van der Waals surface area contributed by atoms with Crippen molar-refractivity contribution in [1.82, 2.24) is 4.90 Å². The Bertz CT molecular complexity index is 200. The molecule has 0 saturated carbocycles. The number of carbonyl (C=O) groups is 1. The minimum absolute atomic E-state index is 0.0338.